The van der Waals surface area contributed by atoms with E-state index >= 15 is 0 Å². The molecule has 0 heterocycles. The molecule has 0 spiro atoms. The molecule has 0 radical (unpaired) electrons. The van der Waals surface area contributed by atoms with E-state index in [9.17, 15) is 18.5 Å². The van der Waals surface area contributed by atoms with Crippen LogP contribution < -0.4 is 8.92 Å². The van der Waals surface area contributed by atoms with Gasteiger partial charge in [0.25, 0.3) is 0 Å². The summed E-state index contributed by atoms with van der Waals surface area (Å²) in [6.45, 7) is 0. The molecule has 0 aromatic heterocycles. The molecule has 0 N–H and O–H groups in total. The van der Waals surface area contributed by atoms with E-state index in [-0.39, 0.29) is 21.5 Å². The SMILES string of the molecule is COc1ccc(S(=O)(=O)Oc2cc(Cl)ccc2Cl)cc1[N+](=O)[O-]. The van der Waals surface area contributed by atoms with Gasteiger partial charge in [-0.05, 0) is 24.3 Å². The van der Waals surface area contributed by atoms with Crippen LogP contribution in [0, 0.1) is 10.1 Å². The van der Waals surface area contributed by atoms with Gasteiger partial charge in [-0.3, -0.25) is 10.1 Å². The number of rotatable bonds is 5. The molecule has 0 unspecified atom stereocenters. The lowest BCUT2D eigenvalue weighted by Gasteiger charge is -2.09. The van der Waals surface area contributed by atoms with Crippen LogP contribution in [-0.2, 0) is 10.1 Å². The molecule has 0 saturated carbocycles. The largest absolute Gasteiger partial charge is 0.490 e. The Morgan fingerprint density at radius 1 is 1.09 bits per heavy atom. The van der Waals surface area contributed by atoms with Crippen molar-refractivity contribution in [1.82, 2.24) is 0 Å². The normalized spacial score (nSPS) is 11.1. The second-order valence-corrected chi connectivity index (χ2v) is 6.59. The van der Waals surface area contributed by atoms with Gasteiger partial charge < -0.3 is 8.92 Å². The van der Waals surface area contributed by atoms with Crippen LogP contribution in [0.5, 0.6) is 11.5 Å². The molecule has 2 aromatic carbocycles. The van der Waals surface area contributed by atoms with Gasteiger partial charge in [0.05, 0.1) is 17.1 Å². The quantitative estimate of drug-likeness (QED) is 0.447. The number of halogens is 2. The molecule has 2 rings (SSSR count). The van der Waals surface area contributed by atoms with E-state index in [0.29, 0.717) is 0 Å². The maximum absolute atomic E-state index is 12.3. The smallest absolute Gasteiger partial charge is 0.339 e. The Labute approximate surface area is 141 Å². The number of hydrogen-bond donors (Lipinski definition) is 0. The Balaban J connectivity index is 2.46. The van der Waals surface area contributed by atoms with Gasteiger partial charge in [0.2, 0.25) is 0 Å². The minimum Gasteiger partial charge on any atom is -0.490 e. The lowest BCUT2D eigenvalue weighted by molar-refractivity contribution is -0.386. The first kappa shape index (κ1) is 17.3. The second kappa shape index (κ2) is 6.61. The number of ether oxygens (including phenoxy) is 1. The summed E-state index contributed by atoms with van der Waals surface area (Å²) in [5.41, 5.74) is -0.505. The van der Waals surface area contributed by atoms with Gasteiger partial charge in [-0.1, -0.05) is 23.2 Å². The average molecular weight is 378 g/mol. The number of benzene rings is 2. The van der Waals surface area contributed by atoms with Crippen molar-refractivity contribution in [2.24, 2.45) is 0 Å². The van der Waals surface area contributed by atoms with Crippen molar-refractivity contribution < 1.29 is 22.3 Å². The molecule has 2 aromatic rings. The second-order valence-electron chi connectivity index (χ2n) is 4.20. The Bertz CT molecular complexity index is 869. The van der Waals surface area contributed by atoms with E-state index in [2.05, 4.69) is 0 Å². The number of methoxy groups -OCH3 is 1. The Morgan fingerprint density at radius 2 is 1.78 bits per heavy atom. The first-order valence-corrected chi connectivity index (χ1v) is 8.13. The van der Waals surface area contributed by atoms with Crippen molar-refractivity contribution in [3.8, 4) is 11.5 Å². The summed E-state index contributed by atoms with van der Waals surface area (Å²) in [6.07, 6.45) is 0. The highest BCUT2D eigenvalue weighted by molar-refractivity contribution is 7.87. The van der Waals surface area contributed by atoms with Gasteiger partial charge in [-0.15, -0.1) is 0 Å². The summed E-state index contributed by atoms with van der Waals surface area (Å²) in [5, 5.41) is 11.2. The molecule has 0 bridgehead atoms. The predicted molar refractivity (Wildman–Crippen MR) is 83.9 cm³/mol. The van der Waals surface area contributed by atoms with Gasteiger partial charge in [0.1, 0.15) is 4.90 Å². The van der Waals surface area contributed by atoms with Crippen LogP contribution in [0.4, 0.5) is 5.69 Å². The zero-order chi connectivity index (χ0) is 17.2. The van der Waals surface area contributed by atoms with Gasteiger partial charge in [0, 0.05) is 17.2 Å². The van der Waals surface area contributed by atoms with Gasteiger partial charge in [-0.2, -0.15) is 8.42 Å². The Morgan fingerprint density at radius 3 is 2.39 bits per heavy atom. The monoisotopic (exact) mass is 377 g/mol. The molecular formula is C13H9Cl2NO6S. The molecule has 0 saturated heterocycles. The summed E-state index contributed by atoms with van der Waals surface area (Å²) < 4.78 is 34.2. The molecule has 0 aliphatic heterocycles. The molecule has 0 aliphatic carbocycles. The van der Waals surface area contributed by atoms with Crippen LogP contribution in [0.1, 0.15) is 0 Å². The van der Waals surface area contributed by atoms with Crippen molar-refractivity contribution >= 4 is 39.0 Å². The molecule has 0 amide bonds. The Hall–Kier alpha value is -2.03. The molecule has 0 atom stereocenters. The van der Waals surface area contributed by atoms with Crippen molar-refractivity contribution in [3.63, 3.8) is 0 Å². The fourth-order valence-electron chi connectivity index (χ4n) is 1.68. The summed E-state index contributed by atoms with van der Waals surface area (Å²) in [5.74, 6) is -0.257. The summed E-state index contributed by atoms with van der Waals surface area (Å²) in [6, 6.07) is 7.17. The first-order chi connectivity index (χ1) is 10.7. The van der Waals surface area contributed by atoms with E-state index in [0.717, 1.165) is 18.2 Å². The zero-order valence-electron chi connectivity index (χ0n) is 11.5. The summed E-state index contributed by atoms with van der Waals surface area (Å²) in [7, 11) is -3.10. The third kappa shape index (κ3) is 3.84. The van der Waals surface area contributed by atoms with E-state index in [1.54, 1.807) is 0 Å². The van der Waals surface area contributed by atoms with Gasteiger partial charge >= 0.3 is 15.8 Å². The molecule has 0 aliphatic rings. The average Bonchev–Trinajstić information content (AvgIpc) is 2.50. The van der Waals surface area contributed by atoms with Crippen LogP contribution in [0.3, 0.4) is 0 Å². The van der Waals surface area contributed by atoms with Gasteiger partial charge in [0.15, 0.2) is 11.5 Å². The highest BCUT2D eigenvalue weighted by Crippen LogP contribution is 2.33. The van der Waals surface area contributed by atoms with Crippen molar-refractivity contribution in [2.75, 3.05) is 7.11 Å². The molecule has 23 heavy (non-hydrogen) atoms. The van der Waals surface area contributed by atoms with Crippen molar-refractivity contribution in [3.05, 3.63) is 56.6 Å². The van der Waals surface area contributed by atoms with Crippen LogP contribution in [0.25, 0.3) is 0 Å². The molecule has 122 valence electrons. The highest BCUT2D eigenvalue weighted by atomic mass is 35.5. The topological polar surface area (TPSA) is 95.7 Å². The third-order valence-corrected chi connectivity index (χ3v) is 4.51. The van der Waals surface area contributed by atoms with Crippen LogP contribution in [0.15, 0.2) is 41.3 Å². The number of hydrogen-bond acceptors (Lipinski definition) is 6. The number of nitrogens with zero attached hydrogens (tertiary/aromatic N) is 1. The van der Waals surface area contributed by atoms with E-state index < -0.39 is 25.6 Å². The van der Waals surface area contributed by atoms with Crippen LogP contribution in [-0.4, -0.2) is 20.5 Å². The van der Waals surface area contributed by atoms with Crippen LogP contribution in [0.2, 0.25) is 10.0 Å². The van der Waals surface area contributed by atoms with E-state index in [1.807, 2.05) is 0 Å². The van der Waals surface area contributed by atoms with Gasteiger partial charge in [-0.25, -0.2) is 0 Å². The standard InChI is InChI=1S/C13H9Cl2NO6S/c1-21-12-5-3-9(7-11(12)16(17)18)23(19,20)22-13-6-8(14)2-4-10(13)15/h2-7H,1H3. The first-order valence-electron chi connectivity index (χ1n) is 5.96. The summed E-state index contributed by atoms with van der Waals surface area (Å²) in [4.78, 5) is 9.79. The highest BCUT2D eigenvalue weighted by Gasteiger charge is 2.24. The third-order valence-electron chi connectivity index (χ3n) is 2.73. The Kier molecular flexibility index (Phi) is 4.98. The zero-order valence-corrected chi connectivity index (χ0v) is 13.9. The minimum atomic E-state index is -4.34. The molecule has 10 heteroatoms. The fourth-order valence-corrected chi connectivity index (χ4v) is 3.00. The number of nitro groups is 1. The minimum absolute atomic E-state index is 0.0287. The molecule has 0 fully saturated rings. The maximum atomic E-state index is 12.3. The predicted octanol–water partition coefficient (Wildman–Crippen LogP) is 3.68. The molecule has 7 nitrogen and oxygen atoms in total. The van der Waals surface area contributed by atoms with E-state index in [4.69, 9.17) is 32.1 Å². The molecular weight excluding hydrogens is 369 g/mol. The maximum Gasteiger partial charge on any atom is 0.339 e. The van der Waals surface area contributed by atoms with Crippen molar-refractivity contribution in [2.45, 2.75) is 4.90 Å². The lowest BCUT2D eigenvalue weighted by Crippen LogP contribution is -2.10. The van der Waals surface area contributed by atoms with E-state index in [1.165, 1.54) is 25.3 Å². The summed E-state index contributed by atoms with van der Waals surface area (Å²) >= 11 is 11.6. The van der Waals surface area contributed by atoms with Crippen LogP contribution >= 0.6 is 23.2 Å². The lowest BCUT2D eigenvalue weighted by atomic mass is 10.3. The fraction of sp³-hybridized carbons (Fsp3) is 0.0769. The van der Waals surface area contributed by atoms with Crippen molar-refractivity contribution in [1.29, 1.82) is 0 Å². The number of nitro benzene ring substituents is 1.